The first kappa shape index (κ1) is 16.7. The predicted molar refractivity (Wildman–Crippen MR) is 96.3 cm³/mol. The van der Waals surface area contributed by atoms with Gasteiger partial charge in [-0.1, -0.05) is 64.1 Å². The van der Waals surface area contributed by atoms with Gasteiger partial charge in [-0.15, -0.1) is 0 Å². The number of fused-ring (bicyclic) bond motifs is 1. The molecule has 2 aromatic heterocycles. The molecule has 0 radical (unpaired) electrons. The molecule has 4 nitrogen and oxygen atoms in total. The standard InChI is InChI=1S/C18H28N4S/c1-13(2)15-12-19-22-16(20-18(23-3)21-17(15)22)14-10-8-6-4-5-7-9-11-14/h12-14H,4-11H2,1-3H3. The van der Waals surface area contributed by atoms with E-state index in [1.807, 2.05) is 10.7 Å². The maximum Gasteiger partial charge on any atom is 0.191 e. The SMILES string of the molecule is CSc1nc(C2CCCCCCCC2)n2ncc(C(C)C)c2n1. The second kappa shape index (κ2) is 7.65. The van der Waals surface area contributed by atoms with E-state index in [2.05, 4.69) is 25.2 Å². The fourth-order valence-electron chi connectivity index (χ4n) is 3.55. The number of nitrogens with zero attached hydrogens (tertiary/aromatic N) is 4. The molecule has 2 heterocycles. The molecular weight excluding hydrogens is 304 g/mol. The van der Waals surface area contributed by atoms with Crippen molar-refractivity contribution in [3.63, 3.8) is 0 Å². The van der Waals surface area contributed by atoms with Gasteiger partial charge >= 0.3 is 0 Å². The summed E-state index contributed by atoms with van der Waals surface area (Å²) in [6.07, 6.45) is 14.6. The maximum absolute atomic E-state index is 4.87. The molecule has 126 valence electrons. The van der Waals surface area contributed by atoms with Gasteiger partial charge in [-0.25, -0.2) is 14.5 Å². The predicted octanol–water partition coefficient (Wildman–Crippen LogP) is 5.19. The Morgan fingerprint density at radius 2 is 1.70 bits per heavy atom. The quantitative estimate of drug-likeness (QED) is 0.726. The van der Waals surface area contributed by atoms with Crippen molar-refractivity contribution in [1.29, 1.82) is 0 Å². The molecule has 0 saturated heterocycles. The maximum atomic E-state index is 4.87. The van der Waals surface area contributed by atoms with Crippen LogP contribution in [0.15, 0.2) is 11.4 Å². The summed E-state index contributed by atoms with van der Waals surface area (Å²) in [6, 6.07) is 0. The van der Waals surface area contributed by atoms with Gasteiger partial charge in [-0.3, -0.25) is 0 Å². The molecule has 0 aromatic carbocycles. The van der Waals surface area contributed by atoms with Gasteiger partial charge in [0.15, 0.2) is 10.8 Å². The summed E-state index contributed by atoms with van der Waals surface area (Å²) in [7, 11) is 0. The van der Waals surface area contributed by atoms with Gasteiger partial charge < -0.3 is 0 Å². The number of thioether (sulfide) groups is 1. The highest BCUT2D eigenvalue weighted by Gasteiger charge is 2.21. The molecule has 5 heteroatoms. The van der Waals surface area contributed by atoms with Gasteiger partial charge in [0.25, 0.3) is 0 Å². The summed E-state index contributed by atoms with van der Waals surface area (Å²) < 4.78 is 2.03. The van der Waals surface area contributed by atoms with Crippen molar-refractivity contribution >= 4 is 17.4 Å². The van der Waals surface area contributed by atoms with E-state index in [4.69, 9.17) is 9.97 Å². The number of aromatic nitrogens is 4. The van der Waals surface area contributed by atoms with Gasteiger partial charge in [0, 0.05) is 11.5 Å². The minimum absolute atomic E-state index is 0.436. The molecule has 0 amide bonds. The second-order valence-corrected chi connectivity index (χ2v) is 7.73. The van der Waals surface area contributed by atoms with E-state index in [9.17, 15) is 0 Å². The van der Waals surface area contributed by atoms with Gasteiger partial charge in [0.2, 0.25) is 0 Å². The lowest BCUT2D eigenvalue weighted by molar-refractivity contribution is 0.495. The normalized spacial score (nSPS) is 18.1. The first-order chi connectivity index (χ1) is 11.2. The van der Waals surface area contributed by atoms with Crippen molar-refractivity contribution in [2.45, 2.75) is 82.2 Å². The molecule has 1 aliphatic rings. The van der Waals surface area contributed by atoms with Gasteiger partial charge in [0.1, 0.15) is 5.82 Å². The lowest BCUT2D eigenvalue weighted by Gasteiger charge is -2.17. The van der Waals surface area contributed by atoms with Crippen LogP contribution in [0.5, 0.6) is 0 Å². The molecule has 0 atom stereocenters. The van der Waals surface area contributed by atoms with E-state index in [1.165, 1.54) is 56.9 Å². The minimum Gasteiger partial charge on any atom is -0.207 e. The van der Waals surface area contributed by atoms with Crippen LogP contribution in [0.1, 0.15) is 88.4 Å². The van der Waals surface area contributed by atoms with Crippen molar-refractivity contribution in [2.24, 2.45) is 0 Å². The molecular formula is C18H28N4S. The lowest BCUT2D eigenvalue weighted by atomic mass is 9.96. The average Bonchev–Trinajstić information content (AvgIpc) is 3.02. The zero-order valence-corrected chi connectivity index (χ0v) is 15.4. The van der Waals surface area contributed by atoms with Crippen molar-refractivity contribution in [1.82, 2.24) is 19.6 Å². The average molecular weight is 333 g/mol. The molecule has 0 bridgehead atoms. The lowest BCUT2D eigenvalue weighted by Crippen LogP contribution is -2.12. The van der Waals surface area contributed by atoms with Crippen molar-refractivity contribution in [2.75, 3.05) is 6.26 Å². The van der Waals surface area contributed by atoms with E-state index < -0.39 is 0 Å². The Kier molecular flexibility index (Phi) is 5.57. The molecule has 1 saturated carbocycles. The zero-order chi connectivity index (χ0) is 16.2. The van der Waals surface area contributed by atoms with Crippen molar-refractivity contribution in [3.8, 4) is 0 Å². The molecule has 2 aromatic rings. The highest BCUT2D eigenvalue weighted by atomic mass is 32.2. The second-order valence-electron chi connectivity index (χ2n) is 6.95. The molecule has 0 unspecified atom stereocenters. The van der Waals surface area contributed by atoms with Crippen LogP contribution in [-0.4, -0.2) is 25.8 Å². The molecule has 0 aliphatic heterocycles. The fourth-order valence-corrected chi connectivity index (χ4v) is 3.91. The van der Waals surface area contributed by atoms with Crippen LogP contribution >= 0.6 is 11.8 Å². The van der Waals surface area contributed by atoms with Crippen LogP contribution in [0.25, 0.3) is 5.65 Å². The van der Waals surface area contributed by atoms with E-state index in [1.54, 1.807) is 11.8 Å². The van der Waals surface area contributed by atoms with Gasteiger partial charge in [-0.2, -0.15) is 5.10 Å². The largest absolute Gasteiger partial charge is 0.207 e. The van der Waals surface area contributed by atoms with E-state index in [0.29, 0.717) is 11.8 Å². The molecule has 0 spiro atoms. The van der Waals surface area contributed by atoms with Crippen molar-refractivity contribution < 1.29 is 0 Å². The summed E-state index contributed by atoms with van der Waals surface area (Å²) in [5.41, 5.74) is 2.24. The van der Waals surface area contributed by atoms with Gasteiger partial charge in [-0.05, 0) is 25.0 Å². The Morgan fingerprint density at radius 3 is 2.30 bits per heavy atom. The Labute approximate surface area is 143 Å². The molecule has 1 fully saturated rings. The highest BCUT2D eigenvalue weighted by Crippen LogP contribution is 2.31. The third-order valence-electron chi connectivity index (χ3n) is 4.92. The van der Waals surface area contributed by atoms with E-state index in [-0.39, 0.29) is 0 Å². The Hall–Kier alpha value is -1.10. The Morgan fingerprint density at radius 1 is 1.04 bits per heavy atom. The van der Waals surface area contributed by atoms with Crippen LogP contribution in [-0.2, 0) is 0 Å². The third kappa shape index (κ3) is 3.70. The number of hydrogen-bond acceptors (Lipinski definition) is 4. The van der Waals surface area contributed by atoms with Crippen LogP contribution in [0.2, 0.25) is 0 Å². The number of rotatable bonds is 3. The highest BCUT2D eigenvalue weighted by molar-refractivity contribution is 7.98. The van der Waals surface area contributed by atoms with E-state index >= 15 is 0 Å². The summed E-state index contributed by atoms with van der Waals surface area (Å²) in [6.45, 7) is 4.41. The fraction of sp³-hybridized carbons (Fsp3) is 0.722. The van der Waals surface area contributed by atoms with Crippen LogP contribution in [0.3, 0.4) is 0 Å². The molecule has 3 rings (SSSR count). The van der Waals surface area contributed by atoms with Crippen LogP contribution < -0.4 is 0 Å². The Balaban J connectivity index is 2.03. The summed E-state index contributed by atoms with van der Waals surface area (Å²) >= 11 is 1.64. The summed E-state index contributed by atoms with van der Waals surface area (Å²) in [4.78, 5) is 9.61. The first-order valence-electron chi connectivity index (χ1n) is 9.00. The van der Waals surface area contributed by atoms with Crippen LogP contribution in [0.4, 0.5) is 0 Å². The summed E-state index contributed by atoms with van der Waals surface area (Å²) in [5.74, 6) is 2.09. The summed E-state index contributed by atoms with van der Waals surface area (Å²) in [5, 5.41) is 5.53. The zero-order valence-electron chi connectivity index (χ0n) is 14.6. The monoisotopic (exact) mass is 332 g/mol. The van der Waals surface area contributed by atoms with Crippen LogP contribution in [0, 0.1) is 0 Å². The third-order valence-corrected chi connectivity index (χ3v) is 5.47. The number of hydrogen-bond donors (Lipinski definition) is 0. The van der Waals surface area contributed by atoms with Crippen molar-refractivity contribution in [3.05, 3.63) is 17.6 Å². The van der Waals surface area contributed by atoms with E-state index in [0.717, 1.165) is 16.6 Å². The minimum atomic E-state index is 0.436. The topological polar surface area (TPSA) is 43.1 Å². The Bertz CT molecular complexity index is 640. The molecule has 1 aliphatic carbocycles. The molecule has 0 N–H and O–H groups in total. The smallest absolute Gasteiger partial charge is 0.191 e. The van der Waals surface area contributed by atoms with Gasteiger partial charge in [0.05, 0.1) is 6.20 Å². The molecule has 23 heavy (non-hydrogen) atoms. The first-order valence-corrected chi connectivity index (χ1v) is 10.2.